The summed E-state index contributed by atoms with van der Waals surface area (Å²) in [5.41, 5.74) is 5.84. The van der Waals surface area contributed by atoms with Gasteiger partial charge in [-0.05, 0) is 12.1 Å². The molecule has 0 radical (unpaired) electrons. The van der Waals surface area contributed by atoms with Gasteiger partial charge >= 0.3 is 0 Å². The van der Waals surface area contributed by atoms with Crippen LogP contribution >= 0.6 is 23.2 Å². The van der Waals surface area contributed by atoms with Crippen LogP contribution in [-0.4, -0.2) is 29.7 Å². The fraction of sp³-hybridized carbons (Fsp3) is 0.273. The van der Waals surface area contributed by atoms with Crippen LogP contribution in [0.15, 0.2) is 23.4 Å². The first-order valence-corrected chi connectivity index (χ1v) is 8.12. The molecule has 0 spiro atoms. The number of benzene rings is 1. The van der Waals surface area contributed by atoms with E-state index in [4.69, 9.17) is 28.9 Å². The summed E-state index contributed by atoms with van der Waals surface area (Å²) in [6.45, 7) is 0.145. The number of aromatic nitrogens is 3. The Hall–Kier alpha value is -1.35. The molecule has 0 aliphatic carbocycles. The van der Waals surface area contributed by atoms with Gasteiger partial charge in [-0.15, -0.1) is 10.2 Å². The number of hydrogen-bond donors (Lipinski definition) is 2. The van der Waals surface area contributed by atoms with Gasteiger partial charge in [0.15, 0.2) is 0 Å². The molecule has 0 aliphatic rings. The molecule has 0 saturated heterocycles. The third-order valence-electron chi connectivity index (χ3n) is 2.74. The molecular weight excluding hydrogens is 337 g/mol. The van der Waals surface area contributed by atoms with Crippen LogP contribution in [0.3, 0.4) is 0 Å². The van der Waals surface area contributed by atoms with Crippen LogP contribution in [-0.2, 0) is 23.5 Å². The number of nitrogens with one attached hydrogen (secondary N) is 1. The molecule has 0 saturated carbocycles. The average molecular weight is 350 g/mol. The highest BCUT2D eigenvalue weighted by atomic mass is 35.5. The van der Waals surface area contributed by atoms with Gasteiger partial charge in [0.05, 0.1) is 10.0 Å². The van der Waals surface area contributed by atoms with E-state index in [2.05, 4.69) is 14.9 Å². The third-order valence-corrected chi connectivity index (χ3v) is 5.12. The van der Waals surface area contributed by atoms with E-state index in [1.807, 2.05) is 0 Å². The van der Waals surface area contributed by atoms with E-state index in [0.717, 1.165) is 0 Å². The number of rotatable bonds is 5. The number of nitrogens with two attached hydrogens (primary N) is 1. The maximum atomic E-state index is 12.2. The number of nitrogens with zero attached hydrogens (tertiary/aromatic N) is 3. The highest BCUT2D eigenvalue weighted by molar-refractivity contribution is 7.89. The summed E-state index contributed by atoms with van der Waals surface area (Å²) >= 11 is 11.8. The molecule has 10 heteroatoms. The molecule has 1 aromatic carbocycles. The van der Waals surface area contributed by atoms with Gasteiger partial charge in [0, 0.05) is 25.7 Å². The molecule has 3 N–H and O–H groups in total. The quantitative estimate of drug-likeness (QED) is 0.790. The van der Waals surface area contributed by atoms with E-state index >= 15 is 0 Å². The van der Waals surface area contributed by atoms with Crippen molar-refractivity contribution in [1.82, 2.24) is 19.5 Å². The minimum Gasteiger partial charge on any atom is -0.399 e. The molecule has 0 amide bonds. The van der Waals surface area contributed by atoms with Crippen LogP contribution in [0.25, 0.3) is 0 Å². The van der Waals surface area contributed by atoms with Gasteiger partial charge < -0.3 is 10.3 Å². The Kier molecular flexibility index (Phi) is 4.72. The smallest absolute Gasteiger partial charge is 0.243 e. The predicted molar refractivity (Wildman–Crippen MR) is 80.8 cm³/mol. The number of hydrogen-bond acceptors (Lipinski definition) is 5. The second-order valence-corrected chi connectivity index (χ2v) is 6.84. The SMILES string of the molecule is Cn1cnnc1CCNS(=O)(=O)c1c(Cl)cc(N)cc1Cl. The molecule has 0 bridgehead atoms. The lowest BCUT2D eigenvalue weighted by Gasteiger charge is -2.10. The minimum atomic E-state index is -3.83. The molecule has 0 atom stereocenters. The van der Waals surface area contributed by atoms with Gasteiger partial charge in [-0.1, -0.05) is 23.2 Å². The van der Waals surface area contributed by atoms with E-state index in [1.54, 1.807) is 11.6 Å². The van der Waals surface area contributed by atoms with Gasteiger partial charge in [0.25, 0.3) is 0 Å². The number of aryl methyl sites for hydroxylation is 1. The lowest BCUT2D eigenvalue weighted by molar-refractivity contribution is 0.580. The van der Waals surface area contributed by atoms with Crippen molar-refractivity contribution in [3.63, 3.8) is 0 Å². The maximum absolute atomic E-state index is 12.2. The Bertz CT molecular complexity index is 737. The molecule has 2 aromatic rings. The highest BCUT2D eigenvalue weighted by Gasteiger charge is 2.22. The second kappa shape index (κ2) is 6.18. The van der Waals surface area contributed by atoms with Crippen molar-refractivity contribution >= 4 is 38.9 Å². The lowest BCUT2D eigenvalue weighted by Crippen LogP contribution is -2.27. The van der Waals surface area contributed by atoms with Crippen LogP contribution in [0.2, 0.25) is 10.0 Å². The van der Waals surface area contributed by atoms with E-state index in [-0.39, 0.29) is 21.5 Å². The van der Waals surface area contributed by atoms with Crippen molar-refractivity contribution in [2.24, 2.45) is 7.05 Å². The van der Waals surface area contributed by atoms with Gasteiger partial charge in [-0.2, -0.15) is 0 Å². The zero-order valence-corrected chi connectivity index (χ0v) is 13.4. The molecular formula is C11H13Cl2N5O2S. The molecule has 2 rings (SSSR count). The number of anilines is 1. The topological polar surface area (TPSA) is 103 Å². The van der Waals surface area contributed by atoms with Crippen LogP contribution in [0.5, 0.6) is 0 Å². The standard InChI is InChI=1S/C11H13Cl2N5O2S/c1-18-6-15-17-10(18)2-3-16-21(19,20)11-8(12)4-7(14)5-9(11)13/h4-6,16H,2-3,14H2,1H3. The van der Waals surface area contributed by atoms with Crippen molar-refractivity contribution < 1.29 is 8.42 Å². The Morgan fingerprint density at radius 1 is 1.33 bits per heavy atom. The Balaban J connectivity index is 2.14. The van der Waals surface area contributed by atoms with Crippen LogP contribution in [0, 0.1) is 0 Å². The van der Waals surface area contributed by atoms with Crippen LogP contribution in [0.4, 0.5) is 5.69 Å². The van der Waals surface area contributed by atoms with Crippen LogP contribution < -0.4 is 10.5 Å². The van der Waals surface area contributed by atoms with Gasteiger partial charge in [0.2, 0.25) is 10.0 Å². The summed E-state index contributed by atoms with van der Waals surface area (Å²) in [4.78, 5) is -0.182. The fourth-order valence-corrected chi connectivity index (χ4v) is 4.00. The molecule has 0 aliphatic heterocycles. The zero-order valence-electron chi connectivity index (χ0n) is 11.0. The molecule has 1 heterocycles. The number of halogens is 2. The average Bonchev–Trinajstić information content (AvgIpc) is 2.73. The summed E-state index contributed by atoms with van der Waals surface area (Å²) in [5, 5.41) is 7.53. The van der Waals surface area contributed by atoms with Gasteiger partial charge in [0.1, 0.15) is 17.0 Å². The van der Waals surface area contributed by atoms with E-state index in [0.29, 0.717) is 17.9 Å². The predicted octanol–water partition coefficient (Wildman–Crippen LogP) is 1.23. The lowest BCUT2D eigenvalue weighted by atomic mass is 10.3. The largest absolute Gasteiger partial charge is 0.399 e. The van der Waals surface area contributed by atoms with Gasteiger partial charge in [-0.25, -0.2) is 13.1 Å². The normalized spacial score (nSPS) is 11.8. The first-order valence-electron chi connectivity index (χ1n) is 5.88. The summed E-state index contributed by atoms with van der Waals surface area (Å²) in [6.07, 6.45) is 1.93. The molecule has 0 fully saturated rings. The van der Waals surface area contributed by atoms with Gasteiger partial charge in [-0.3, -0.25) is 0 Å². The maximum Gasteiger partial charge on any atom is 0.243 e. The summed E-state index contributed by atoms with van der Waals surface area (Å²) in [7, 11) is -2.06. The number of sulfonamides is 1. The molecule has 1 aromatic heterocycles. The highest BCUT2D eigenvalue weighted by Crippen LogP contribution is 2.31. The van der Waals surface area contributed by atoms with Crippen molar-refractivity contribution in [1.29, 1.82) is 0 Å². The third kappa shape index (κ3) is 3.65. The Morgan fingerprint density at radius 2 is 1.95 bits per heavy atom. The van der Waals surface area contributed by atoms with Crippen LogP contribution in [0.1, 0.15) is 5.82 Å². The van der Waals surface area contributed by atoms with E-state index in [9.17, 15) is 8.42 Å². The van der Waals surface area contributed by atoms with Crippen molar-refractivity contribution in [2.75, 3.05) is 12.3 Å². The number of nitrogen functional groups attached to an aromatic ring is 1. The van der Waals surface area contributed by atoms with Crippen molar-refractivity contribution in [3.8, 4) is 0 Å². The molecule has 7 nitrogen and oxygen atoms in total. The minimum absolute atomic E-state index is 0.0221. The van der Waals surface area contributed by atoms with Crippen molar-refractivity contribution in [3.05, 3.63) is 34.3 Å². The molecule has 21 heavy (non-hydrogen) atoms. The second-order valence-electron chi connectivity index (χ2n) is 4.32. The van der Waals surface area contributed by atoms with E-state index in [1.165, 1.54) is 18.5 Å². The first kappa shape index (κ1) is 16.0. The summed E-state index contributed by atoms with van der Waals surface area (Å²) in [5.74, 6) is 0.659. The van der Waals surface area contributed by atoms with Crippen molar-refractivity contribution in [2.45, 2.75) is 11.3 Å². The first-order chi connectivity index (χ1) is 9.81. The fourth-order valence-electron chi connectivity index (χ4n) is 1.74. The monoisotopic (exact) mass is 349 g/mol. The molecule has 0 unspecified atom stereocenters. The Morgan fingerprint density at radius 3 is 2.48 bits per heavy atom. The Labute approximate surface area is 132 Å². The zero-order chi connectivity index (χ0) is 15.6. The summed E-state index contributed by atoms with van der Waals surface area (Å²) < 4.78 is 28.6. The van der Waals surface area contributed by atoms with E-state index < -0.39 is 10.0 Å². The summed E-state index contributed by atoms with van der Waals surface area (Å²) in [6, 6.07) is 2.68. The molecule has 114 valence electrons.